The molecule has 0 saturated carbocycles. The minimum Gasteiger partial charge on any atom is -0.412 e. The zero-order valence-electron chi connectivity index (χ0n) is 8.56. The maximum absolute atomic E-state index is 11.5. The van der Waals surface area contributed by atoms with Gasteiger partial charge in [-0.3, -0.25) is 0 Å². The topological polar surface area (TPSA) is 132 Å². The molecular formula is C8H17NO5S. The second kappa shape index (κ2) is 7.32. The predicted octanol–water partition coefficient (Wildman–Crippen LogP) is -1.54. The van der Waals surface area contributed by atoms with E-state index in [-0.39, 0.29) is 16.4 Å². The van der Waals surface area contributed by atoms with E-state index in [1.165, 1.54) is 18.4 Å². The molecule has 0 unspecified atom stereocenters. The van der Waals surface area contributed by atoms with Gasteiger partial charge in [0.15, 0.2) is 0 Å². The fourth-order valence-corrected chi connectivity index (χ4v) is 1.73. The quantitative estimate of drug-likeness (QED) is 0.619. The summed E-state index contributed by atoms with van der Waals surface area (Å²) in [5, 5.41) is 0. The lowest BCUT2D eigenvalue weighted by Crippen LogP contribution is -2.21. The van der Waals surface area contributed by atoms with Crippen LogP contribution in [0.4, 0.5) is 0 Å². The van der Waals surface area contributed by atoms with Crippen LogP contribution in [0.25, 0.3) is 0 Å². The van der Waals surface area contributed by atoms with E-state index in [4.69, 9.17) is 0 Å². The highest BCUT2D eigenvalue weighted by atomic mass is 32.2. The monoisotopic (exact) mass is 239 g/mol. The van der Waals surface area contributed by atoms with E-state index < -0.39 is 10.0 Å². The SMILES string of the molecule is CN(C)S(=O)(=O)c1ccccc1.O.O.O. The number of nitrogens with zero attached hydrogens (tertiary/aromatic N) is 1. The van der Waals surface area contributed by atoms with E-state index in [1.54, 1.807) is 30.3 Å². The Hall–Kier alpha value is -0.990. The molecule has 0 spiro atoms. The molecule has 0 radical (unpaired) electrons. The third kappa shape index (κ3) is 4.36. The van der Waals surface area contributed by atoms with Crippen LogP contribution in [0.2, 0.25) is 0 Å². The maximum atomic E-state index is 11.5. The zero-order chi connectivity index (χ0) is 9.19. The number of hydrogen-bond acceptors (Lipinski definition) is 2. The van der Waals surface area contributed by atoms with Crippen LogP contribution in [0.3, 0.4) is 0 Å². The van der Waals surface area contributed by atoms with Crippen LogP contribution in [-0.4, -0.2) is 43.2 Å². The molecule has 0 saturated heterocycles. The number of hydrogen-bond donors (Lipinski definition) is 0. The van der Waals surface area contributed by atoms with Crippen LogP contribution in [0.1, 0.15) is 0 Å². The highest BCUT2D eigenvalue weighted by molar-refractivity contribution is 7.89. The third-order valence-electron chi connectivity index (χ3n) is 1.52. The molecule has 0 aromatic heterocycles. The lowest BCUT2D eigenvalue weighted by Gasteiger charge is -2.10. The summed E-state index contributed by atoms with van der Waals surface area (Å²) in [6.45, 7) is 0. The summed E-state index contributed by atoms with van der Waals surface area (Å²) in [5.74, 6) is 0. The Kier molecular flexibility index (Phi) is 9.55. The first-order chi connectivity index (χ1) is 5.55. The molecule has 1 rings (SSSR count). The predicted molar refractivity (Wildman–Crippen MR) is 58.2 cm³/mol. The van der Waals surface area contributed by atoms with Crippen molar-refractivity contribution in [2.24, 2.45) is 0 Å². The summed E-state index contributed by atoms with van der Waals surface area (Å²) in [7, 11) is -0.211. The van der Waals surface area contributed by atoms with Crippen molar-refractivity contribution in [2.45, 2.75) is 4.90 Å². The van der Waals surface area contributed by atoms with Crippen LogP contribution in [0, 0.1) is 0 Å². The summed E-state index contributed by atoms with van der Waals surface area (Å²) in [6.07, 6.45) is 0. The van der Waals surface area contributed by atoms with E-state index >= 15 is 0 Å². The van der Waals surface area contributed by atoms with Gasteiger partial charge >= 0.3 is 0 Å². The molecule has 15 heavy (non-hydrogen) atoms. The first-order valence-corrected chi connectivity index (χ1v) is 4.97. The Balaban J connectivity index is -0.000000480. The van der Waals surface area contributed by atoms with Gasteiger partial charge in [0.25, 0.3) is 0 Å². The van der Waals surface area contributed by atoms with E-state index in [2.05, 4.69) is 0 Å². The third-order valence-corrected chi connectivity index (χ3v) is 3.35. The van der Waals surface area contributed by atoms with Crippen molar-refractivity contribution in [3.63, 3.8) is 0 Å². The highest BCUT2D eigenvalue weighted by Gasteiger charge is 2.15. The highest BCUT2D eigenvalue weighted by Crippen LogP contribution is 2.10. The normalized spacial score (nSPS) is 9.53. The van der Waals surface area contributed by atoms with Crippen molar-refractivity contribution in [3.05, 3.63) is 30.3 Å². The van der Waals surface area contributed by atoms with E-state index in [0.717, 1.165) is 0 Å². The van der Waals surface area contributed by atoms with E-state index in [1.807, 2.05) is 0 Å². The van der Waals surface area contributed by atoms with Gasteiger partial charge in [0.1, 0.15) is 0 Å². The van der Waals surface area contributed by atoms with Crippen LogP contribution >= 0.6 is 0 Å². The first kappa shape index (κ1) is 19.6. The molecule has 1 aromatic carbocycles. The molecule has 1 aromatic rings. The Morgan fingerprint density at radius 3 is 1.67 bits per heavy atom. The van der Waals surface area contributed by atoms with Crippen molar-refractivity contribution >= 4 is 10.0 Å². The molecule has 6 nitrogen and oxygen atoms in total. The fraction of sp³-hybridized carbons (Fsp3) is 0.250. The van der Waals surface area contributed by atoms with Gasteiger partial charge < -0.3 is 16.4 Å². The average Bonchev–Trinajstić information content (AvgIpc) is 2.06. The van der Waals surface area contributed by atoms with Gasteiger partial charge in [-0.15, -0.1) is 0 Å². The summed E-state index contributed by atoms with van der Waals surface area (Å²) < 4.78 is 24.1. The smallest absolute Gasteiger partial charge is 0.242 e. The standard InChI is InChI=1S/C8H11NO2S.3H2O/c1-9(2)12(10,11)8-6-4-3-5-7-8;;;/h3-7H,1-2H3;3*1H2. The lowest BCUT2D eigenvalue weighted by atomic mass is 10.4. The number of sulfonamides is 1. The van der Waals surface area contributed by atoms with Crippen LogP contribution in [-0.2, 0) is 10.0 Å². The van der Waals surface area contributed by atoms with Gasteiger partial charge in [0.2, 0.25) is 10.0 Å². The largest absolute Gasteiger partial charge is 0.412 e. The van der Waals surface area contributed by atoms with Crippen LogP contribution in [0.5, 0.6) is 0 Å². The molecule has 0 aliphatic carbocycles. The summed E-state index contributed by atoms with van der Waals surface area (Å²) in [6, 6.07) is 8.35. The van der Waals surface area contributed by atoms with Gasteiger partial charge in [-0.1, -0.05) is 18.2 Å². The van der Waals surface area contributed by atoms with Crippen LogP contribution in [0.15, 0.2) is 35.2 Å². The number of rotatable bonds is 2. The number of benzene rings is 1. The molecular weight excluding hydrogens is 222 g/mol. The Morgan fingerprint density at radius 1 is 0.933 bits per heavy atom. The molecule has 0 heterocycles. The summed E-state index contributed by atoms with van der Waals surface area (Å²) >= 11 is 0. The molecule has 90 valence electrons. The van der Waals surface area contributed by atoms with Crippen molar-refractivity contribution in [2.75, 3.05) is 14.1 Å². The molecule has 7 heteroatoms. The fourth-order valence-electron chi connectivity index (χ4n) is 0.803. The first-order valence-electron chi connectivity index (χ1n) is 3.53. The Labute approximate surface area is 89.1 Å². The second-order valence-corrected chi connectivity index (χ2v) is 4.75. The molecule has 6 N–H and O–H groups in total. The molecule has 0 aliphatic heterocycles. The molecule has 0 bridgehead atoms. The van der Waals surface area contributed by atoms with Crippen LogP contribution < -0.4 is 0 Å². The average molecular weight is 239 g/mol. The van der Waals surface area contributed by atoms with E-state index in [0.29, 0.717) is 4.90 Å². The summed E-state index contributed by atoms with van der Waals surface area (Å²) in [5.41, 5.74) is 0. The van der Waals surface area contributed by atoms with Crippen molar-refractivity contribution in [3.8, 4) is 0 Å². The Bertz CT molecular complexity index is 349. The Morgan fingerprint density at radius 2 is 1.33 bits per heavy atom. The van der Waals surface area contributed by atoms with Gasteiger partial charge in [0, 0.05) is 14.1 Å². The molecule has 0 aliphatic rings. The molecule has 0 fully saturated rings. The molecule has 0 atom stereocenters. The van der Waals surface area contributed by atoms with Crippen molar-refractivity contribution in [1.82, 2.24) is 4.31 Å². The zero-order valence-corrected chi connectivity index (χ0v) is 9.38. The van der Waals surface area contributed by atoms with Gasteiger partial charge in [0.05, 0.1) is 4.90 Å². The van der Waals surface area contributed by atoms with Gasteiger partial charge in [-0.2, -0.15) is 0 Å². The van der Waals surface area contributed by atoms with Gasteiger partial charge in [-0.25, -0.2) is 12.7 Å². The van der Waals surface area contributed by atoms with E-state index in [9.17, 15) is 8.42 Å². The van der Waals surface area contributed by atoms with Gasteiger partial charge in [-0.05, 0) is 12.1 Å². The lowest BCUT2D eigenvalue weighted by molar-refractivity contribution is 0.521. The minimum atomic E-state index is -3.24. The second-order valence-electron chi connectivity index (χ2n) is 2.60. The van der Waals surface area contributed by atoms with Crippen molar-refractivity contribution in [1.29, 1.82) is 0 Å². The van der Waals surface area contributed by atoms with Crippen molar-refractivity contribution < 1.29 is 24.8 Å². The summed E-state index contributed by atoms with van der Waals surface area (Å²) in [4.78, 5) is 0.329. The molecule has 0 amide bonds. The minimum absolute atomic E-state index is 0. The maximum Gasteiger partial charge on any atom is 0.242 e.